The van der Waals surface area contributed by atoms with Crippen LogP contribution in [0.3, 0.4) is 0 Å². The molecule has 0 spiro atoms. The molecule has 2 fully saturated rings. The average molecular weight is 653 g/mol. The zero-order valence-corrected chi connectivity index (χ0v) is 28.4. The Hall–Kier alpha value is -3.74. The van der Waals surface area contributed by atoms with Gasteiger partial charge in [-0.2, -0.15) is 0 Å². The van der Waals surface area contributed by atoms with Gasteiger partial charge in [0.25, 0.3) is 0 Å². The summed E-state index contributed by atoms with van der Waals surface area (Å²) in [5.41, 5.74) is 2.51. The van der Waals surface area contributed by atoms with Crippen LogP contribution < -0.4 is 20.3 Å². The van der Waals surface area contributed by atoms with Gasteiger partial charge in [-0.3, -0.25) is 4.79 Å². The Morgan fingerprint density at radius 3 is 2.63 bits per heavy atom. The second-order valence-electron chi connectivity index (χ2n) is 13.1. The summed E-state index contributed by atoms with van der Waals surface area (Å²) in [6.07, 6.45) is 1.68. The molecule has 1 aliphatic carbocycles. The molecule has 2 aliphatic heterocycles. The number of anilines is 1. The maximum Gasteiger partial charge on any atom is 0.419 e. The summed E-state index contributed by atoms with van der Waals surface area (Å²) in [5, 5.41) is 8.99. The number of carbonyl (C=O) groups is 3. The smallest absolute Gasteiger partial charge is 0.419 e. The van der Waals surface area contributed by atoms with E-state index in [1.54, 1.807) is 25.0 Å². The third-order valence-electron chi connectivity index (χ3n) is 8.09. The van der Waals surface area contributed by atoms with E-state index in [0.29, 0.717) is 47.1 Å². The number of ether oxygens (including phenoxy) is 4. The molecule has 1 aromatic heterocycles. The van der Waals surface area contributed by atoms with E-state index in [2.05, 4.69) is 31.1 Å². The van der Waals surface area contributed by atoms with Gasteiger partial charge < -0.3 is 29.6 Å². The van der Waals surface area contributed by atoms with Crippen LogP contribution in [0.1, 0.15) is 82.7 Å². The zero-order chi connectivity index (χ0) is 33.3. The molecule has 12 heteroatoms. The number of carbonyl (C=O) groups excluding carboxylic acids is 3. The van der Waals surface area contributed by atoms with Crippen molar-refractivity contribution in [3.63, 3.8) is 0 Å². The van der Waals surface area contributed by atoms with Crippen LogP contribution in [0, 0.1) is 5.92 Å². The second kappa shape index (κ2) is 13.5. The second-order valence-corrected chi connectivity index (χ2v) is 14.0. The van der Waals surface area contributed by atoms with Crippen LogP contribution in [0.2, 0.25) is 0 Å². The Morgan fingerprint density at radius 2 is 1.98 bits per heavy atom. The molecule has 11 nitrogen and oxygen atoms in total. The fourth-order valence-corrected chi connectivity index (χ4v) is 6.58. The maximum atomic E-state index is 13.8. The maximum absolute atomic E-state index is 13.8. The van der Waals surface area contributed by atoms with Crippen LogP contribution >= 0.6 is 11.3 Å². The number of nitrogens with zero attached hydrogens (tertiary/aromatic N) is 2. The molecule has 248 valence electrons. The molecule has 5 unspecified atom stereocenters. The van der Waals surface area contributed by atoms with Gasteiger partial charge in [0.15, 0.2) is 0 Å². The fraction of sp³-hybridized carbons (Fsp3) is 0.529. The molecule has 46 heavy (non-hydrogen) atoms. The molecule has 1 saturated carbocycles. The number of hydrogen-bond donors (Lipinski definition) is 2. The molecule has 1 aromatic carbocycles. The van der Waals surface area contributed by atoms with Crippen molar-refractivity contribution >= 4 is 40.7 Å². The summed E-state index contributed by atoms with van der Waals surface area (Å²) in [4.78, 5) is 45.3. The van der Waals surface area contributed by atoms with Gasteiger partial charge in [0, 0.05) is 41.1 Å². The summed E-state index contributed by atoms with van der Waals surface area (Å²) < 4.78 is 23.1. The number of benzene rings is 1. The van der Waals surface area contributed by atoms with Crippen molar-refractivity contribution in [2.24, 2.45) is 5.92 Å². The third kappa shape index (κ3) is 7.45. The molecular formula is C34H44N4O7S. The number of fused-ring (bicyclic) bond motifs is 1. The van der Waals surface area contributed by atoms with Gasteiger partial charge in [0.1, 0.15) is 22.5 Å². The van der Waals surface area contributed by atoms with Crippen molar-refractivity contribution in [2.75, 3.05) is 25.2 Å². The van der Waals surface area contributed by atoms with E-state index in [1.807, 2.05) is 44.4 Å². The summed E-state index contributed by atoms with van der Waals surface area (Å²) in [5.74, 6) is 0.131. The quantitative estimate of drug-likeness (QED) is 0.253. The fourth-order valence-electron chi connectivity index (χ4n) is 5.59. The summed E-state index contributed by atoms with van der Waals surface area (Å²) in [6.45, 7) is 16.0. The Morgan fingerprint density at radius 1 is 1.22 bits per heavy atom. The highest BCUT2D eigenvalue weighted by Crippen LogP contribution is 2.45. The number of hydrogen-bond acceptors (Lipinski definition) is 10. The molecule has 2 amide bonds. The van der Waals surface area contributed by atoms with Gasteiger partial charge in [-0.05, 0) is 58.6 Å². The van der Waals surface area contributed by atoms with Crippen molar-refractivity contribution in [1.29, 1.82) is 0 Å². The Balaban J connectivity index is 1.36. The lowest BCUT2D eigenvalue weighted by molar-refractivity contribution is -0.138. The number of methoxy groups -OCH3 is 1. The molecule has 0 bridgehead atoms. The van der Waals surface area contributed by atoms with E-state index in [4.69, 9.17) is 23.9 Å². The number of nitrogens with one attached hydrogen (secondary N) is 2. The molecule has 2 N–H and O–H groups in total. The van der Waals surface area contributed by atoms with E-state index in [9.17, 15) is 14.4 Å². The Kier molecular flexibility index (Phi) is 9.90. The topological polar surface area (TPSA) is 128 Å². The van der Waals surface area contributed by atoms with E-state index >= 15 is 0 Å². The monoisotopic (exact) mass is 652 g/mol. The first-order valence-corrected chi connectivity index (χ1v) is 16.6. The lowest BCUT2D eigenvalue weighted by atomic mass is 9.99. The van der Waals surface area contributed by atoms with Crippen LogP contribution in [-0.4, -0.2) is 67.0 Å². The number of esters is 1. The molecule has 3 aliphatic rings. The first kappa shape index (κ1) is 33.6. The van der Waals surface area contributed by atoms with E-state index in [-0.39, 0.29) is 36.5 Å². The molecule has 5 rings (SSSR count). The molecule has 2 aromatic rings. The van der Waals surface area contributed by atoms with Gasteiger partial charge in [-0.1, -0.05) is 26.5 Å². The minimum absolute atomic E-state index is 0.106. The first-order chi connectivity index (χ1) is 21.8. The van der Waals surface area contributed by atoms with Gasteiger partial charge in [-0.15, -0.1) is 11.3 Å². The van der Waals surface area contributed by atoms with Crippen LogP contribution in [0.15, 0.2) is 41.8 Å². The van der Waals surface area contributed by atoms with Crippen LogP contribution in [-0.2, 0) is 23.8 Å². The van der Waals surface area contributed by atoms with Gasteiger partial charge in [0.2, 0.25) is 5.91 Å². The van der Waals surface area contributed by atoms with E-state index in [1.165, 1.54) is 11.3 Å². The number of rotatable bonds is 10. The number of amides is 2. The Labute approximate surface area is 274 Å². The standard InChI is InChI=1S/C34H44N4O7S/c1-9-43-32(40)19(4)23-14-24(23)36-30(39)25-12-21(16-35-25)44-29-15-28(31-37-26(17-46-31)18(2)3)38(33(41)45-34(5,6)7)27-13-20(42-8)10-11-22(27)29/h10-11,13,15,17-18,21,23-25,29,35H,4,9,12,14,16H2,1-3,5-8H3,(H,36,39). The molecule has 1 saturated heterocycles. The average Bonchev–Trinajstić information content (AvgIpc) is 3.35. The predicted molar refractivity (Wildman–Crippen MR) is 176 cm³/mol. The van der Waals surface area contributed by atoms with Crippen LogP contribution in [0.5, 0.6) is 5.75 Å². The van der Waals surface area contributed by atoms with Crippen molar-refractivity contribution in [3.8, 4) is 5.75 Å². The van der Waals surface area contributed by atoms with Crippen molar-refractivity contribution in [1.82, 2.24) is 15.6 Å². The number of thiazole rings is 1. The largest absolute Gasteiger partial charge is 0.497 e. The zero-order valence-electron chi connectivity index (χ0n) is 27.5. The summed E-state index contributed by atoms with van der Waals surface area (Å²) in [7, 11) is 1.58. The highest BCUT2D eigenvalue weighted by Gasteiger charge is 2.45. The van der Waals surface area contributed by atoms with Gasteiger partial charge >= 0.3 is 12.1 Å². The molecule has 5 atom stereocenters. The SMILES string of the molecule is C=C(C(=O)OCC)C1CC1NC(=O)C1CC(OC2C=C(c3nc(C(C)C)cs3)N(C(=O)OC(C)(C)C)c3cc(OC)ccc32)CN1. The lowest BCUT2D eigenvalue weighted by Gasteiger charge is -2.35. The van der Waals surface area contributed by atoms with Crippen molar-refractivity contribution in [2.45, 2.75) is 90.2 Å². The Bertz CT molecular complexity index is 1530. The normalized spacial score (nSPS) is 23.8. The van der Waals surface area contributed by atoms with Gasteiger partial charge in [0.05, 0.1) is 42.9 Å². The molecule has 3 heterocycles. The highest BCUT2D eigenvalue weighted by atomic mass is 32.1. The lowest BCUT2D eigenvalue weighted by Crippen LogP contribution is -2.42. The predicted octanol–water partition coefficient (Wildman–Crippen LogP) is 5.48. The first-order valence-electron chi connectivity index (χ1n) is 15.7. The summed E-state index contributed by atoms with van der Waals surface area (Å²) in [6, 6.07) is 4.95. The van der Waals surface area contributed by atoms with E-state index in [0.717, 1.165) is 11.3 Å². The number of aromatic nitrogens is 1. The summed E-state index contributed by atoms with van der Waals surface area (Å²) >= 11 is 1.46. The van der Waals surface area contributed by atoms with Crippen molar-refractivity contribution in [3.05, 3.63) is 58.1 Å². The van der Waals surface area contributed by atoms with Gasteiger partial charge in [-0.25, -0.2) is 19.5 Å². The minimum Gasteiger partial charge on any atom is -0.497 e. The molecular weight excluding hydrogens is 608 g/mol. The van der Waals surface area contributed by atoms with Crippen LogP contribution in [0.25, 0.3) is 5.70 Å². The minimum atomic E-state index is -0.724. The third-order valence-corrected chi connectivity index (χ3v) is 8.98. The highest BCUT2D eigenvalue weighted by molar-refractivity contribution is 7.10. The van der Waals surface area contributed by atoms with Crippen LogP contribution in [0.4, 0.5) is 10.5 Å². The molecule has 0 radical (unpaired) electrons. The van der Waals surface area contributed by atoms with E-state index < -0.39 is 29.8 Å². The van der Waals surface area contributed by atoms with Crippen molar-refractivity contribution < 1.29 is 33.3 Å².